The number of anilines is 1. The minimum atomic E-state index is -3.55. The summed E-state index contributed by atoms with van der Waals surface area (Å²) in [6.07, 6.45) is 2.32. The number of ether oxygens (including phenoxy) is 2. The largest absolute Gasteiger partial charge is 0.490 e. The van der Waals surface area contributed by atoms with E-state index in [0.29, 0.717) is 34.3 Å². The fourth-order valence-electron chi connectivity index (χ4n) is 2.94. The van der Waals surface area contributed by atoms with Crippen LogP contribution < -0.4 is 14.8 Å². The van der Waals surface area contributed by atoms with E-state index in [9.17, 15) is 18.5 Å². The van der Waals surface area contributed by atoms with Crippen LogP contribution in [0.3, 0.4) is 0 Å². The predicted molar refractivity (Wildman–Crippen MR) is 134 cm³/mol. The molecule has 3 rings (SSSR count). The molecular weight excluding hydrogens is 512 g/mol. The number of benzene rings is 2. The zero-order chi connectivity index (χ0) is 25.6. The van der Waals surface area contributed by atoms with Crippen LogP contribution in [0.1, 0.15) is 16.7 Å². The third-order valence-corrected chi connectivity index (χ3v) is 7.18. The molecule has 0 radical (unpaired) electrons. The summed E-state index contributed by atoms with van der Waals surface area (Å²) in [5, 5.41) is 19.1. The second-order valence-electron chi connectivity index (χ2n) is 7.48. The lowest BCUT2D eigenvalue weighted by Crippen LogP contribution is -2.13. The Morgan fingerprint density at radius 2 is 1.83 bits per heavy atom. The lowest BCUT2D eigenvalue weighted by atomic mass is 10.1. The Kier molecular flexibility index (Phi) is 8.45. The number of sulfone groups is 1. The minimum Gasteiger partial charge on any atom is -0.490 e. The van der Waals surface area contributed by atoms with E-state index in [4.69, 9.17) is 21.1 Å². The highest BCUT2D eigenvalue weighted by Gasteiger charge is 2.17. The standard InChI is InChI=1S/C23H21ClN4O5S2/c1-14-8-15(2)10-18(9-14)32-6-7-33-20-5-4-16(12-19(20)24)11-17(13-25)21(29)26-22-27-28-23(34-22)35(3,30)31/h4-5,8-12H,6-7H2,1-3H3,(H,26,27,29)/b17-11-. The number of carbonyl (C=O) groups is 1. The Morgan fingerprint density at radius 3 is 2.43 bits per heavy atom. The summed E-state index contributed by atoms with van der Waals surface area (Å²) in [7, 11) is -3.55. The monoisotopic (exact) mass is 532 g/mol. The first kappa shape index (κ1) is 26.2. The molecule has 35 heavy (non-hydrogen) atoms. The van der Waals surface area contributed by atoms with Crippen LogP contribution in [0.15, 0.2) is 46.3 Å². The van der Waals surface area contributed by atoms with Gasteiger partial charge in [0.25, 0.3) is 5.91 Å². The number of rotatable bonds is 9. The smallest absolute Gasteiger partial charge is 0.268 e. The molecule has 0 aliphatic rings. The highest BCUT2D eigenvalue weighted by atomic mass is 35.5. The van der Waals surface area contributed by atoms with Crippen molar-refractivity contribution in [1.29, 1.82) is 5.26 Å². The fourth-order valence-corrected chi connectivity index (χ4v) is 4.69. The summed E-state index contributed by atoms with van der Waals surface area (Å²) in [6, 6.07) is 12.6. The van der Waals surface area contributed by atoms with Crippen LogP contribution in [0.4, 0.5) is 5.13 Å². The molecule has 9 nitrogen and oxygen atoms in total. The number of nitrogens with one attached hydrogen (secondary N) is 1. The summed E-state index contributed by atoms with van der Waals surface area (Å²) >= 11 is 6.99. The number of amides is 1. The molecule has 0 fully saturated rings. The number of hydrogen-bond donors (Lipinski definition) is 1. The van der Waals surface area contributed by atoms with Crippen LogP contribution in [0.5, 0.6) is 11.5 Å². The molecule has 1 amide bonds. The second-order valence-corrected chi connectivity index (χ2v) is 11.1. The van der Waals surface area contributed by atoms with Gasteiger partial charge >= 0.3 is 0 Å². The molecule has 1 N–H and O–H groups in total. The van der Waals surface area contributed by atoms with Crippen LogP contribution >= 0.6 is 22.9 Å². The van der Waals surface area contributed by atoms with E-state index in [-0.39, 0.29) is 21.7 Å². The number of aromatic nitrogens is 2. The van der Waals surface area contributed by atoms with Crippen LogP contribution in [-0.4, -0.2) is 44.0 Å². The van der Waals surface area contributed by atoms with Crippen molar-refractivity contribution in [1.82, 2.24) is 10.2 Å². The molecule has 3 aromatic rings. The second kappa shape index (κ2) is 11.3. The summed E-state index contributed by atoms with van der Waals surface area (Å²) in [5.41, 5.74) is 2.49. The topological polar surface area (TPSA) is 131 Å². The Balaban J connectivity index is 1.60. The summed E-state index contributed by atoms with van der Waals surface area (Å²) in [6.45, 7) is 4.59. The lowest BCUT2D eigenvalue weighted by Gasteiger charge is -2.11. The molecule has 0 bridgehead atoms. The van der Waals surface area contributed by atoms with Crippen molar-refractivity contribution >= 4 is 49.9 Å². The normalized spacial score (nSPS) is 11.6. The van der Waals surface area contributed by atoms with Crippen molar-refractivity contribution < 1.29 is 22.7 Å². The van der Waals surface area contributed by atoms with Gasteiger partial charge in [0.15, 0.2) is 0 Å². The van der Waals surface area contributed by atoms with Crippen molar-refractivity contribution in [2.75, 3.05) is 24.8 Å². The van der Waals surface area contributed by atoms with Gasteiger partial charge in [-0.1, -0.05) is 35.1 Å². The minimum absolute atomic E-state index is 0.0404. The summed E-state index contributed by atoms with van der Waals surface area (Å²) in [5.74, 6) is 0.433. The van der Waals surface area contributed by atoms with E-state index in [1.807, 2.05) is 26.0 Å². The molecule has 0 aliphatic heterocycles. The van der Waals surface area contributed by atoms with Gasteiger partial charge in [-0.15, -0.1) is 10.2 Å². The molecule has 0 unspecified atom stereocenters. The highest BCUT2D eigenvalue weighted by Crippen LogP contribution is 2.27. The van der Waals surface area contributed by atoms with Gasteiger partial charge in [0.1, 0.15) is 36.4 Å². The van der Waals surface area contributed by atoms with Crippen molar-refractivity contribution in [3.05, 3.63) is 63.7 Å². The van der Waals surface area contributed by atoms with Crippen molar-refractivity contribution in [3.63, 3.8) is 0 Å². The first-order valence-electron chi connectivity index (χ1n) is 10.2. The highest BCUT2D eigenvalue weighted by molar-refractivity contribution is 7.92. The van der Waals surface area contributed by atoms with Gasteiger partial charge in [0.05, 0.1) is 5.02 Å². The number of halogens is 1. The molecule has 2 aromatic carbocycles. The van der Waals surface area contributed by atoms with Crippen molar-refractivity contribution in [2.45, 2.75) is 18.2 Å². The quantitative estimate of drug-likeness (QED) is 0.187. The fraction of sp³-hybridized carbons (Fsp3) is 0.217. The Bertz CT molecular complexity index is 1410. The number of aryl methyl sites for hydroxylation is 2. The molecular formula is C23H21ClN4O5S2. The maximum Gasteiger partial charge on any atom is 0.268 e. The SMILES string of the molecule is Cc1cc(C)cc(OCCOc2ccc(/C=C(/C#N)C(=O)Nc3nnc(S(C)(=O)=O)s3)cc2Cl)c1. The number of nitrogens with zero attached hydrogens (tertiary/aromatic N) is 3. The van der Waals surface area contributed by atoms with E-state index in [1.165, 1.54) is 6.08 Å². The summed E-state index contributed by atoms with van der Waals surface area (Å²) < 4.78 is 34.1. The zero-order valence-corrected chi connectivity index (χ0v) is 21.4. The van der Waals surface area contributed by atoms with Crippen LogP contribution in [0.25, 0.3) is 6.08 Å². The van der Waals surface area contributed by atoms with Gasteiger partial charge in [-0.3, -0.25) is 10.1 Å². The van der Waals surface area contributed by atoms with E-state index >= 15 is 0 Å². The molecule has 0 atom stereocenters. The molecule has 182 valence electrons. The Labute approximate surface area is 211 Å². The first-order valence-corrected chi connectivity index (χ1v) is 13.2. The third kappa shape index (κ3) is 7.51. The van der Waals surface area contributed by atoms with Gasteiger partial charge in [-0.05, 0) is 60.9 Å². The maximum absolute atomic E-state index is 12.4. The molecule has 0 saturated carbocycles. The van der Waals surface area contributed by atoms with E-state index < -0.39 is 15.7 Å². The lowest BCUT2D eigenvalue weighted by molar-refractivity contribution is -0.112. The first-order chi connectivity index (χ1) is 16.5. The van der Waals surface area contributed by atoms with Crippen molar-refractivity contribution in [3.8, 4) is 17.6 Å². The molecule has 1 heterocycles. The van der Waals surface area contributed by atoms with Gasteiger partial charge in [0.2, 0.25) is 19.3 Å². The number of carbonyl (C=O) groups excluding carboxylic acids is 1. The van der Waals surface area contributed by atoms with Crippen molar-refractivity contribution in [2.24, 2.45) is 0 Å². The maximum atomic E-state index is 12.4. The third-order valence-electron chi connectivity index (χ3n) is 4.38. The predicted octanol–water partition coefficient (Wildman–Crippen LogP) is 4.22. The average Bonchev–Trinajstić information content (AvgIpc) is 3.24. The number of hydrogen-bond acceptors (Lipinski definition) is 9. The van der Waals surface area contributed by atoms with Crippen LogP contribution in [-0.2, 0) is 14.6 Å². The zero-order valence-electron chi connectivity index (χ0n) is 19.0. The van der Waals surface area contributed by atoms with Gasteiger partial charge in [0, 0.05) is 6.26 Å². The van der Waals surface area contributed by atoms with Gasteiger partial charge in [-0.25, -0.2) is 8.42 Å². The van der Waals surface area contributed by atoms with E-state index in [1.54, 1.807) is 24.3 Å². The summed E-state index contributed by atoms with van der Waals surface area (Å²) in [4.78, 5) is 12.4. The number of nitriles is 1. The van der Waals surface area contributed by atoms with Gasteiger partial charge < -0.3 is 9.47 Å². The van der Waals surface area contributed by atoms with Gasteiger partial charge in [-0.2, -0.15) is 5.26 Å². The molecule has 0 aliphatic carbocycles. The average molecular weight is 533 g/mol. The molecule has 1 aromatic heterocycles. The van der Waals surface area contributed by atoms with E-state index in [0.717, 1.165) is 23.1 Å². The Morgan fingerprint density at radius 1 is 1.14 bits per heavy atom. The molecule has 0 spiro atoms. The Hall–Kier alpha value is -3.46. The van der Waals surface area contributed by atoms with Crippen LogP contribution in [0, 0.1) is 25.2 Å². The molecule has 12 heteroatoms. The van der Waals surface area contributed by atoms with Crippen LogP contribution in [0.2, 0.25) is 5.02 Å². The van der Waals surface area contributed by atoms with E-state index in [2.05, 4.69) is 21.6 Å². The molecule has 0 saturated heterocycles.